The zero-order valence-electron chi connectivity index (χ0n) is 23.1. The van der Waals surface area contributed by atoms with Gasteiger partial charge in [-0.3, -0.25) is 4.79 Å². The average molecular weight is 552 g/mol. The summed E-state index contributed by atoms with van der Waals surface area (Å²) in [6.07, 6.45) is -0.704. The highest BCUT2D eigenvalue weighted by Crippen LogP contribution is 2.36. The summed E-state index contributed by atoms with van der Waals surface area (Å²) in [4.78, 5) is 23.5. The minimum Gasteiger partial charge on any atom is -0.352 e. The van der Waals surface area contributed by atoms with E-state index >= 15 is 0 Å². The van der Waals surface area contributed by atoms with Gasteiger partial charge in [0.1, 0.15) is 18.2 Å². The molecular formula is C31H36F3N5O. The molecule has 40 heavy (non-hydrogen) atoms. The Morgan fingerprint density at radius 2 is 1.90 bits per heavy atom. The van der Waals surface area contributed by atoms with Gasteiger partial charge in [0.25, 0.3) is 0 Å². The molecule has 2 N–H and O–H groups in total. The van der Waals surface area contributed by atoms with Crippen molar-refractivity contribution in [2.45, 2.75) is 71.0 Å². The molecule has 6 nitrogen and oxygen atoms in total. The van der Waals surface area contributed by atoms with Crippen molar-refractivity contribution in [1.82, 2.24) is 24.8 Å². The zero-order valence-corrected chi connectivity index (χ0v) is 23.1. The first-order valence-electron chi connectivity index (χ1n) is 14.3. The molecule has 2 saturated heterocycles. The molecule has 2 fully saturated rings. The highest BCUT2D eigenvalue weighted by atomic mass is 19.1. The average Bonchev–Trinajstić information content (AvgIpc) is 3.68. The highest BCUT2D eigenvalue weighted by Gasteiger charge is 2.38. The molecule has 4 heterocycles. The van der Waals surface area contributed by atoms with Gasteiger partial charge in [0.05, 0.1) is 29.3 Å². The number of benzene rings is 2. The first-order valence-corrected chi connectivity index (χ1v) is 14.3. The van der Waals surface area contributed by atoms with E-state index in [0.717, 1.165) is 27.7 Å². The van der Waals surface area contributed by atoms with E-state index in [-0.39, 0.29) is 42.8 Å². The van der Waals surface area contributed by atoms with Gasteiger partial charge in [-0.05, 0) is 42.5 Å². The van der Waals surface area contributed by atoms with Crippen LogP contribution in [0.15, 0.2) is 42.5 Å². The molecule has 2 aromatic carbocycles. The summed E-state index contributed by atoms with van der Waals surface area (Å²) in [6.45, 7) is 6.64. The number of carbonyl (C=O) groups is 1. The Morgan fingerprint density at radius 1 is 1.10 bits per heavy atom. The Labute approximate surface area is 231 Å². The van der Waals surface area contributed by atoms with Crippen molar-refractivity contribution in [3.05, 3.63) is 53.8 Å². The number of hydrogen-bond acceptors (Lipinski definition) is 3. The lowest BCUT2D eigenvalue weighted by atomic mass is 9.96. The molecule has 0 spiro atoms. The van der Waals surface area contributed by atoms with E-state index in [1.54, 1.807) is 11.0 Å². The van der Waals surface area contributed by atoms with Crippen molar-refractivity contribution < 1.29 is 18.0 Å². The topological polar surface area (TPSA) is 66.0 Å². The van der Waals surface area contributed by atoms with Crippen LogP contribution in [-0.4, -0.2) is 62.9 Å². The summed E-state index contributed by atoms with van der Waals surface area (Å²) in [7, 11) is 0. The molecule has 2 aliphatic heterocycles. The number of para-hydroxylation sites is 1. The predicted octanol–water partition coefficient (Wildman–Crippen LogP) is 5.80. The molecule has 1 amide bonds. The molecular weight excluding hydrogens is 515 g/mol. The van der Waals surface area contributed by atoms with Gasteiger partial charge in [-0.25, -0.2) is 18.2 Å². The number of aromatic amines is 1. The number of H-pyrrole nitrogens is 1. The Balaban J connectivity index is 1.46. The summed E-state index contributed by atoms with van der Waals surface area (Å²) in [5.74, 6) is 0.0858. The fourth-order valence-electron chi connectivity index (χ4n) is 6.31. The van der Waals surface area contributed by atoms with Gasteiger partial charge >= 0.3 is 0 Å². The standard InChI is InChI=1S/C31H36F3N5O/c1-17(2)18(3)31(40)38-15-21(34)11-23(38)16-39-28-9-8-19(32)12-27(28)37-30(39)29-25(13-22-10-20(33)14-35-22)24-6-4-5-7-26(24)36-29/h4-9,12,17-18,20-23,35-36H,10-11,13-16H2,1-3H3/t18-,20-,21-,22-,23-/m0/s1. The first-order chi connectivity index (χ1) is 19.2. The second-order valence-corrected chi connectivity index (χ2v) is 11.9. The number of nitrogens with one attached hydrogen (secondary N) is 2. The summed E-state index contributed by atoms with van der Waals surface area (Å²) in [6, 6.07) is 12.1. The third-order valence-electron chi connectivity index (χ3n) is 8.80. The SMILES string of the molecule is CC(C)[C@H](C)C(=O)N1C[C@@H](F)C[C@H]1Cn1c(-c2[nH]c3ccccc3c2C[C@@H]2C[C@H](F)CN2)nc2cc(F)ccc21. The van der Waals surface area contributed by atoms with Gasteiger partial charge < -0.3 is 19.8 Å². The van der Waals surface area contributed by atoms with Crippen molar-refractivity contribution in [1.29, 1.82) is 0 Å². The fourth-order valence-corrected chi connectivity index (χ4v) is 6.31. The van der Waals surface area contributed by atoms with Crippen molar-refractivity contribution in [2.24, 2.45) is 11.8 Å². The third kappa shape index (κ3) is 4.89. The van der Waals surface area contributed by atoms with Crippen LogP contribution in [0.2, 0.25) is 0 Å². The molecule has 0 saturated carbocycles. The van der Waals surface area contributed by atoms with Crippen molar-refractivity contribution in [2.75, 3.05) is 13.1 Å². The van der Waals surface area contributed by atoms with Crippen LogP contribution in [0, 0.1) is 17.7 Å². The molecule has 9 heteroatoms. The lowest BCUT2D eigenvalue weighted by Crippen LogP contribution is -2.42. The van der Waals surface area contributed by atoms with Crippen LogP contribution in [0.3, 0.4) is 0 Å². The van der Waals surface area contributed by atoms with Crippen LogP contribution >= 0.6 is 0 Å². The van der Waals surface area contributed by atoms with Crippen LogP contribution < -0.4 is 5.32 Å². The predicted molar refractivity (Wildman–Crippen MR) is 151 cm³/mol. The number of fused-ring (bicyclic) bond motifs is 2. The lowest BCUT2D eigenvalue weighted by molar-refractivity contribution is -0.137. The van der Waals surface area contributed by atoms with Gasteiger partial charge in [-0.1, -0.05) is 39.0 Å². The second kappa shape index (κ2) is 10.6. The third-order valence-corrected chi connectivity index (χ3v) is 8.80. The lowest BCUT2D eigenvalue weighted by Gasteiger charge is -2.29. The van der Waals surface area contributed by atoms with Gasteiger partial charge in [0.15, 0.2) is 5.82 Å². The molecule has 2 aromatic heterocycles. The molecule has 5 atom stereocenters. The first kappa shape index (κ1) is 26.9. The quantitative estimate of drug-likeness (QED) is 0.305. The Kier molecular flexibility index (Phi) is 7.10. The Morgan fingerprint density at radius 3 is 2.65 bits per heavy atom. The number of halogens is 3. The second-order valence-electron chi connectivity index (χ2n) is 11.9. The molecule has 2 aliphatic rings. The summed E-state index contributed by atoms with van der Waals surface area (Å²) < 4.78 is 45.2. The van der Waals surface area contributed by atoms with E-state index < -0.39 is 18.2 Å². The van der Waals surface area contributed by atoms with Crippen LogP contribution in [0.5, 0.6) is 0 Å². The number of aromatic nitrogens is 3. The minimum absolute atomic E-state index is 0.0176. The zero-order chi connectivity index (χ0) is 28.1. The smallest absolute Gasteiger partial charge is 0.226 e. The molecule has 4 aromatic rings. The molecule has 6 rings (SSSR count). The van der Waals surface area contributed by atoms with E-state index in [0.29, 0.717) is 37.3 Å². The van der Waals surface area contributed by atoms with E-state index in [2.05, 4.69) is 10.3 Å². The monoisotopic (exact) mass is 551 g/mol. The normalized spacial score (nSPS) is 24.1. The van der Waals surface area contributed by atoms with E-state index in [1.807, 2.05) is 49.6 Å². The maximum absolute atomic E-state index is 14.8. The summed E-state index contributed by atoms with van der Waals surface area (Å²) >= 11 is 0. The van der Waals surface area contributed by atoms with Crippen molar-refractivity contribution >= 4 is 27.8 Å². The molecule has 0 aliphatic carbocycles. The molecule has 0 bridgehead atoms. The number of amides is 1. The van der Waals surface area contributed by atoms with Crippen LogP contribution in [-0.2, 0) is 17.8 Å². The van der Waals surface area contributed by atoms with Crippen LogP contribution in [0.1, 0.15) is 39.2 Å². The maximum atomic E-state index is 14.8. The number of nitrogens with zero attached hydrogens (tertiary/aromatic N) is 3. The van der Waals surface area contributed by atoms with Crippen molar-refractivity contribution in [3.8, 4) is 11.5 Å². The number of rotatable bonds is 7. The van der Waals surface area contributed by atoms with Gasteiger partial charge in [-0.15, -0.1) is 0 Å². The fraction of sp³-hybridized carbons (Fsp3) is 0.484. The van der Waals surface area contributed by atoms with Crippen molar-refractivity contribution in [3.63, 3.8) is 0 Å². The summed E-state index contributed by atoms with van der Waals surface area (Å²) in [5, 5.41) is 4.31. The summed E-state index contributed by atoms with van der Waals surface area (Å²) in [5.41, 5.74) is 3.93. The van der Waals surface area contributed by atoms with Gasteiger partial charge in [-0.2, -0.15) is 0 Å². The number of hydrogen-bond donors (Lipinski definition) is 2. The number of likely N-dealkylation sites (tertiary alicyclic amines) is 1. The largest absolute Gasteiger partial charge is 0.352 e. The van der Waals surface area contributed by atoms with Gasteiger partial charge in [0, 0.05) is 48.4 Å². The Hall–Kier alpha value is -3.33. The molecule has 0 radical (unpaired) electrons. The van der Waals surface area contributed by atoms with E-state index in [4.69, 9.17) is 4.98 Å². The van der Waals surface area contributed by atoms with Gasteiger partial charge in [0.2, 0.25) is 5.91 Å². The number of alkyl halides is 2. The maximum Gasteiger partial charge on any atom is 0.226 e. The minimum atomic E-state index is -1.10. The number of carbonyl (C=O) groups excluding carboxylic acids is 1. The Bertz CT molecular complexity index is 1540. The molecule has 212 valence electrons. The van der Waals surface area contributed by atoms with Crippen LogP contribution in [0.4, 0.5) is 13.2 Å². The van der Waals surface area contributed by atoms with E-state index in [9.17, 15) is 18.0 Å². The highest BCUT2D eigenvalue weighted by molar-refractivity contribution is 5.91. The van der Waals surface area contributed by atoms with Crippen LogP contribution in [0.25, 0.3) is 33.5 Å². The molecule has 0 unspecified atom stereocenters. The number of imidazole rings is 1. The van der Waals surface area contributed by atoms with E-state index in [1.165, 1.54) is 12.1 Å².